The van der Waals surface area contributed by atoms with E-state index in [9.17, 15) is 9.90 Å². The lowest BCUT2D eigenvalue weighted by Gasteiger charge is -2.31. The number of carboxylic acids is 1. The summed E-state index contributed by atoms with van der Waals surface area (Å²) in [7, 11) is 0. The molecule has 1 aliphatic rings. The maximum absolute atomic E-state index is 11.5. The van der Waals surface area contributed by atoms with Gasteiger partial charge in [0.15, 0.2) is 0 Å². The first-order valence-electron chi connectivity index (χ1n) is 6.78. The number of hydrogen-bond acceptors (Lipinski definition) is 2. The lowest BCUT2D eigenvalue weighted by Crippen LogP contribution is -2.41. The number of likely N-dealkylation sites (tertiary alicyclic amines) is 1. The Hall–Kier alpha value is -1.06. The summed E-state index contributed by atoms with van der Waals surface area (Å²) in [5, 5.41) is 10.1. The molecule has 1 N–H and O–H groups in total. The summed E-state index contributed by atoms with van der Waals surface area (Å²) in [5.41, 5.74) is 1.15. The van der Waals surface area contributed by atoms with E-state index >= 15 is 0 Å². The number of carboxylic acid groups (broad SMARTS) is 1. The minimum atomic E-state index is -0.711. The van der Waals surface area contributed by atoms with Crippen molar-refractivity contribution in [1.29, 1.82) is 0 Å². The zero-order chi connectivity index (χ0) is 14.0. The van der Waals surface area contributed by atoms with Crippen LogP contribution in [0.5, 0.6) is 0 Å². The number of halogens is 1. The van der Waals surface area contributed by atoms with Gasteiger partial charge in [0, 0.05) is 11.1 Å². The molecule has 19 heavy (non-hydrogen) atoms. The largest absolute Gasteiger partial charge is 0.480 e. The van der Waals surface area contributed by atoms with Crippen molar-refractivity contribution in [3.05, 3.63) is 34.9 Å². The Balaban J connectivity index is 2.26. The van der Waals surface area contributed by atoms with E-state index in [1.54, 1.807) is 0 Å². The van der Waals surface area contributed by atoms with Crippen LogP contribution in [-0.4, -0.2) is 28.6 Å². The summed E-state index contributed by atoms with van der Waals surface area (Å²) >= 11 is 5.91. The lowest BCUT2D eigenvalue weighted by molar-refractivity contribution is -0.144. The van der Waals surface area contributed by atoms with Crippen LogP contribution in [-0.2, 0) is 4.79 Å². The number of benzene rings is 1. The lowest BCUT2D eigenvalue weighted by atomic mass is 9.99. The van der Waals surface area contributed by atoms with Crippen molar-refractivity contribution in [1.82, 2.24) is 4.90 Å². The second-order valence-electron chi connectivity index (χ2n) is 5.26. The van der Waals surface area contributed by atoms with Gasteiger partial charge in [-0.15, -0.1) is 0 Å². The van der Waals surface area contributed by atoms with Crippen LogP contribution in [0.2, 0.25) is 5.02 Å². The molecular weight excluding hydrogens is 262 g/mol. The molecule has 0 aliphatic carbocycles. The molecule has 0 amide bonds. The topological polar surface area (TPSA) is 40.5 Å². The number of carbonyl (C=O) groups is 1. The maximum atomic E-state index is 11.5. The zero-order valence-corrected chi connectivity index (χ0v) is 12.1. The molecule has 104 valence electrons. The predicted molar refractivity (Wildman–Crippen MR) is 76.4 cm³/mol. The third-order valence-corrected chi connectivity index (χ3v) is 4.29. The highest BCUT2D eigenvalue weighted by atomic mass is 35.5. The number of aliphatic carboxylic acids is 1. The highest BCUT2D eigenvalue weighted by molar-refractivity contribution is 6.30. The fourth-order valence-electron chi connectivity index (χ4n) is 3.06. The summed E-state index contributed by atoms with van der Waals surface area (Å²) in [6.45, 7) is 4.97. The van der Waals surface area contributed by atoms with Gasteiger partial charge in [0.2, 0.25) is 0 Å². The normalized spacial score (nSPS) is 25.4. The van der Waals surface area contributed by atoms with E-state index in [-0.39, 0.29) is 18.0 Å². The Bertz CT molecular complexity index is 446. The van der Waals surface area contributed by atoms with Crippen molar-refractivity contribution in [2.75, 3.05) is 6.54 Å². The van der Waals surface area contributed by atoms with E-state index in [1.807, 2.05) is 31.2 Å². The second kappa shape index (κ2) is 5.93. The molecule has 1 aromatic rings. The summed E-state index contributed by atoms with van der Waals surface area (Å²) in [4.78, 5) is 13.6. The minimum absolute atomic E-state index is 0.156. The molecule has 1 aliphatic heterocycles. The molecule has 3 atom stereocenters. The van der Waals surface area contributed by atoms with Crippen LogP contribution in [0.3, 0.4) is 0 Å². The molecule has 0 bridgehead atoms. The van der Waals surface area contributed by atoms with Gasteiger partial charge in [-0.3, -0.25) is 9.69 Å². The van der Waals surface area contributed by atoms with Crippen molar-refractivity contribution < 1.29 is 9.90 Å². The molecule has 0 radical (unpaired) electrons. The van der Waals surface area contributed by atoms with Crippen molar-refractivity contribution in [2.24, 2.45) is 5.92 Å². The molecule has 1 fully saturated rings. The highest BCUT2D eigenvalue weighted by Gasteiger charge is 2.40. The Morgan fingerprint density at radius 2 is 2.11 bits per heavy atom. The first-order chi connectivity index (χ1) is 9.04. The van der Waals surface area contributed by atoms with Crippen molar-refractivity contribution in [3.8, 4) is 0 Å². The first kappa shape index (κ1) is 14.4. The molecule has 0 saturated carbocycles. The van der Waals surface area contributed by atoms with Gasteiger partial charge in [0.1, 0.15) is 6.04 Å². The summed E-state index contributed by atoms with van der Waals surface area (Å²) < 4.78 is 0. The average molecular weight is 282 g/mol. The summed E-state index contributed by atoms with van der Waals surface area (Å²) in [6.07, 6.45) is 1.85. The second-order valence-corrected chi connectivity index (χ2v) is 5.70. The molecule has 4 heteroatoms. The van der Waals surface area contributed by atoms with Gasteiger partial charge in [-0.1, -0.05) is 37.6 Å². The van der Waals surface area contributed by atoms with Gasteiger partial charge in [0.25, 0.3) is 0 Å². The van der Waals surface area contributed by atoms with Crippen LogP contribution in [0, 0.1) is 5.92 Å². The molecule has 3 unspecified atom stereocenters. The molecule has 0 spiro atoms. The Morgan fingerprint density at radius 3 is 2.63 bits per heavy atom. The quantitative estimate of drug-likeness (QED) is 0.917. The van der Waals surface area contributed by atoms with E-state index in [0.717, 1.165) is 24.9 Å². The van der Waals surface area contributed by atoms with Crippen LogP contribution < -0.4 is 0 Å². The molecule has 3 nitrogen and oxygen atoms in total. The molecule has 0 aromatic heterocycles. The zero-order valence-electron chi connectivity index (χ0n) is 11.3. The van der Waals surface area contributed by atoms with Crippen molar-refractivity contribution in [2.45, 2.75) is 38.8 Å². The van der Waals surface area contributed by atoms with E-state index in [4.69, 9.17) is 11.6 Å². The molecule has 1 aromatic carbocycles. The Kier molecular flexibility index (Phi) is 4.48. The van der Waals surface area contributed by atoms with Gasteiger partial charge >= 0.3 is 5.97 Å². The van der Waals surface area contributed by atoms with Gasteiger partial charge in [-0.25, -0.2) is 0 Å². The fraction of sp³-hybridized carbons (Fsp3) is 0.533. The third kappa shape index (κ3) is 2.93. The molecule has 1 saturated heterocycles. The summed E-state index contributed by atoms with van der Waals surface area (Å²) in [6, 6.07) is 7.52. The number of nitrogens with zero attached hydrogens (tertiary/aromatic N) is 1. The van der Waals surface area contributed by atoms with Crippen LogP contribution in [0.15, 0.2) is 24.3 Å². The molecule has 2 rings (SSSR count). The van der Waals surface area contributed by atoms with E-state index < -0.39 is 5.97 Å². The summed E-state index contributed by atoms with van der Waals surface area (Å²) in [5.74, 6) is -0.503. The van der Waals surface area contributed by atoms with E-state index in [0.29, 0.717) is 5.02 Å². The predicted octanol–water partition coefficient (Wildman–Crippen LogP) is 3.59. The van der Waals surface area contributed by atoms with Crippen LogP contribution in [0.1, 0.15) is 38.3 Å². The minimum Gasteiger partial charge on any atom is -0.480 e. The van der Waals surface area contributed by atoms with Gasteiger partial charge < -0.3 is 5.11 Å². The fourth-order valence-corrected chi connectivity index (χ4v) is 3.18. The first-order valence-corrected chi connectivity index (χ1v) is 7.16. The smallest absolute Gasteiger partial charge is 0.321 e. The van der Waals surface area contributed by atoms with E-state index in [1.165, 1.54) is 0 Å². The third-order valence-electron chi connectivity index (χ3n) is 4.03. The molecular formula is C15H20ClNO2. The van der Waals surface area contributed by atoms with Crippen LogP contribution in [0.25, 0.3) is 0 Å². The number of hydrogen-bond donors (Lipinski definition) is 1. The van der Waals surface area contributed by atoms with Crippen molar-refractivity contribution >= 4 is 17.6 Å². The SMILES string of the molecule is CCC(c1ccc(Cl)cc1)N1CCC(C)C1C(=O)O. The van der Waals surface area contributed by atoms with Crippen LogP contribution in [0.4, 0.5) is 0 Å². The van der Waals surface area contributed by atoms with Crippen LogP contribution >= 0.6 is 11.6 Å². The Labute approximate surface area is 119 Å². The monoisotopic (exact) mass is 281 g/mol. The average Bonchev–Trinajstić information content (AvgIpc) is 2.75. The Morgan fingerprint density at radius 1 is 1.47 bits per heavy atom. The van der Waals surface area contributed by atoms with Gasteiger partial charge in [-0.05, 0) is 43.0 Å². The van der Waals surface area contributed by atoms with Gasteiger partial charge in [0.05, 0.1) is 0 Å². The van der Waals surface area contributed by atoms with Crippen molar-refractivity contribution in [3.63, 3.8) is 0 Å². The number of rotatable bonds is 4. The van der Waals surface area contributed by atoms with Gasteiger partial charge in [-0.2, -0.15) is 0 Å². The highest BCUT2D eigenvalue weighted by Crippen LogP contribution is 2.35. The van der Waals surface area contributed by atoms with E-state index in [2.05, 4.69) is 11.8 Å². The molecule has 1 heterocycles. The standard InChI is InChI=1S/C15H20ClNO2/c1-3-13(11-4-6-12(16)7-5-11)17-9-8-10(2)14(17)15(18)19/h4-7,10,13-14H,3,8-9H2,1-2H3,(H,18,19). The maximum Gasteiger partial charge on any atom is 0.321 e.